The van der Waals surface area contributed by atoms with Gasteiger partial charge in [0.2, 0.25) is 5.91 Å². The predicted octanol–water partition coefficient (Wildman–Crippen LogP) is 4.79. The Kier molecular flexibility index (Phi) is 6.32. The van der Waals surface area contributed by atoms with Gasteiger partial charge >= 0.3 is 0 Å². The van der Waals surface area contributed by atoms with Gasteiger partial charge in [0.25, 0.3) is 0 Å². The highest BCUT2D eigenvalue weighted by Gasteiger charge is 2.12. The number of ether oxygens (including phenoxy) is 1. The van der Waals surface area contributed by atoms with Gasteiger partial charge in [-0.15, -0.1) is 0 Å². The number of halogens is 1. The van der Waals surface area contributed by atoms with Crippen LogP contribution in [0.5, 0.6) is 5.75 Å². The minimum atomic E-state index is -0.110. The lowest BCUT2D eigenvalue weighted by atomic mass is 10.2. The van der Waals surface area contributed by atoms with Crippen molar-refractivity contribution >= 4 is 27.5 Å². The zero-order chi connectivity index (χ0) is 19.2. The molecule has 0 radical (unpaired) electrons. The van der Waals surface area contributed by atoms with Gasteiger partial charge in [-0.2, -0.15) is 0 Å². The van der Waals surface area contributed by atoms with Crippen LogP contribution >= 0.6 is 15.9 Å². The molecule has 1 amide bonds. The van der Waals surface area contributed by atoms with E-state index in [1.165, 1.54) is 0 Å². The third kappa shape index (κ3) is 5.21. The van der Waals surface area contributed by atoms with E-state index in [-0.39, 0.29) is 12.5 Å². The lowest BCUT2D eigenvalue weighted by Crippen LogP contribution is -2.29. The number of hydrogen-bond acceptors (Lipinski definition) is 4. The summed E-state index contributed by atoms with van der Waals surface area (Å²) in [6.45, 7) is 0.780. The number of methoxy groups -OCH3 is 1. The van der Waals surface area contributed by atoms with Crippen LogP contribution in [0.1, 0.15) is 5.76 Å². The van der Waals surface area contributed by atoms with Gasteiger partial charge in [0.1, 0.15) is 17.3 Å². The summed E-state index contributed by atoms with van der Waals surface area (Å²) in [5.41, 5.74) is 1.68. The molecule has 6 heteroatoms. The van der Waals surface area contributed by atoms with Crippen molar-refractivity contribution in [1.29, 1.82) is 0 Å². The highest BCUT2D eigenvalue weighted by atomic mass is 79.9. The molecular weight excluding hydrogens is 408 g/mol. The Morgan fingerprint density at radius 3 is 2.59 bits per heavy atom. The number of amides is 1. The van der Waals surface area contributed by atoms with Crippen molar-refractivity contribution in [1.82, 2.24) is 4.90 Å². The summed E-state index contributed by atoms with van der Waals surface area (Å²) in [6, 6.07) is 19.2. The average Bonchev–Trinajstić information content (AvgIpc) is 3.10. The molecule has 140 valence electrons. The van der Waals surface area contributed by atoms with Crippen molar-refractivity contribution in [3.8, 4) is 17.1 Å². The molecule has 0 saturated heterocycles. The number of nitrogens with one attached hydrogen (secondary N) is 1. The Balaban J connectivity index is 1.57. The van der Waals surface area contributed by atoms with Crippen molar-refractivity contribution in [2.45, 2.75) is 6.54 Å². The number of furan rings is 1. The van der Waals surface area contributed by atoms with Crippen LogP contribution in [0.3, 0.4) is 0 Å². The van der Waals surface area contributed by atoms with Crippen LogP contribution < -0.4 is 10.1 Å². The van der Waals surface area contributed by atoms with Gasteiger partial charge in [0, 0.05) is 10.0 Å². The smallest absolute Gasteiger partial charge is 0.238 e. The molecule has 1 aromatic heterocycles. The van der Waals surface area contributed by atoms with Crippen molar-refractivity contribution in [2.75, 3.05) is 26.0 Å². The largest absolute Gasteiger partial charge is 0.495 e. The number of carbonyl (C=O) groups excluding carboxylic acids is 1. The summed E-state index contributed by atoms with van der Waals surface area (Å²) in [6.07, 6.45) is 0. The molecule has 3 rings (SSSR count). The Bertz CT molecular complexity index is 906. The minimum Gasteiger partial charge on any atom is -0.495 e. The second kappa shape index (κ2) is 8.88. The molecule has 3 aromatic rings. The number of likely N-dealkylation sites (N-methyl/N-ethyl adjacent to an activating group) is 1. The third-order valence-corrected chi connectivity index (χ3v) is 4.54. The molecule has 0 unspecified atom stereocenters. The standard InChI is InChI=1S/C21H21BrN2O3/c1-24(14-21(25)23-18-5-3-4-6-20(18)26-2)13-17-11-12-19(27-17)15-7-9-16(22)10-8-15/h3-12H,13-14H2,1-2H3,(H,23,25). The first-order valence-corrected chi connectivity index (χ1v) is 9.30. The van der Waals surface area contributed by atoms with Crippen LogP contribution in [0.25, 0.3) is 11.3 Å². The Morgan fingerprint density at radius 1 is 1.11 bits per heavy atom. The number of anilines is 1. The molecule has 0 fully saturated rings. The minimum absolute atomic E-state index is 0.110. The van der Waals surface area contributed by atoms with Gasteiger partial charge in [0.05, 0.1) is 25.9 Å². The van der Waals surface area contributed by atoms with Gasteiger partial charge < -0.3 is 14.5 Å². The summed E-state index contributed by atoms with van der Waals surface area (Å²) in [7, 11) is 3.46. The SMILES string of the molecule is COc1ccccc1NC(=O)CN(C)Cc1ccc(-c2ccc(Br)cc2)o1. The van der Waals surface area contributed by atoms with Crippen LogP contribution in [-0.4, -0.2) is 31.5 Å². The van der Waals surface area contributed by atoms with E-state index in [1.54, 1.807) is 7.11 Å². The first-order chi connectivity index (χ1) is 13.0. The van der Waals surface area contributed by atoms with E-state index in [0.29, 0.717) is 18.0 Å². The van der Waals surface area contributed by atoms with E-state index < -0.39 is 0 Å². The topological polar surface area (TPSA) is 54.7 Å². The van der Waals surface area contributed by atoms with Crippen LogP contribution in [0.15, 0.2) is 69.6 Å². The number of benzene rings is 2. The van der Waals surface area contributed by atoms with Gasteiger partial charge in [-0.05, 0) is 43.4 Å². The number of hydrogen-bond donors (Lipinski definition) is 1. The second-order valence-electron chi connectivity index (χ2n) is 6.19. The maximum atomic E-state index is 12.3. The normalized spacial score (nSPS) is 10.8. The Hall–Kier alpha value is -2.57. The number of nitrogens with zero attached hydrogens (tertiary/aromatic N) is 1. The maximum Gasteiger partial charge on any atom is 0.238 e. The lowest BCUT2D eigenvalue weighted by molar-refractivity contribution is -0.117. The van der Waals surface area contributed by atoms with Crippen LogP contribution in [0.4, 0.5) is 5.69 Å². The molecule has 0 aliphatic carbocycles. The Morgan fingerprint density at radius 2 is 1.85 bits per heavy atom. The van der Waals surface area contributed by atoms with E-state index in [9.17, 15) is 4.79 Å². The first-order valence-electron chi connectivity index (χ1n) is 8.51. The van der Waals surface area contributed by atoms with Crippen molar-refractivity contribution in [3.05, 3.63) is 70.9 Å². The zero-order valence-corrected chi connectivity index (χ0v) is 16.8. The second-order valence-corrected chi connectivity index (χ2v) is 7.11. The molecule has 0 aliphatic heterocycles. The molecule has 27 heavy (non-hydrogen) atoms. The quantitative estimate of drug-likeness (QED) is 0.587. The van der Waals surface area contributed by atoms with Gasteiger partial charge in [-0.1, -0.05) is 40.2 Å². The highest BCUT2D eigenvalue weighted by molar-refractivity contribution is 9.10. The summed E-state index contributed by atoms with van der Waals surface area (Å²) in [4.78, 5) is 14.2. The van der Waals surface area contributed by atoms with E-state index in [2.05, 4.69) is 21.2 Å². The van der Waals surface area contributed by atoms with Crippen molar-refractivity contribution in [3.63, 3.8) is 0 Å². The molecular formula is C21H21BrN2O3. The Labute approximate surface area is 167 Å². The third-order valence-electron chi connectivity index (χ3n) is 4.01. The van der Waals surface area contributed by atoms with E-state index in [1.807, 2.05) is 72.6 Å². The zero-order valence-electron chi connectivity index (χ0n) is 15.2. The van der Waals surface area contributed by atoms with E-state index in [4.69, 9.17) is 9.15 Å². The van der Waals surface area contributed by atoms with Crippen molar-refractivity contribution < 1.29 is 13.9 Å². The molecule has 1 N–H and O–H groups in total. The van der Waals surface area contributed by atoms with Crippen LogP contribution in [0, 0.1) is 0 Å². The number of para-hydroxylation sites is 2. The molecule has 0 aliphatic rings. The molecule has 5 nitrogen and oxygen atoms in total. The monoisotopic (exact) mass is 428 g/mol. The van der Waals surface area contributed by atoms with Crippen LogP contribution in [0.2, 0.25) is 0 Å². The summed E-state index contributed by atoms with van der Waals surface area (Å²) in [5, 5.41) is 2.87. The molecule has 0 saturated carbocycles. The highest BCUT2D eigenvalue weighted by Crippen LogP contribution is 2.25. The first kappa shape index (κ1) is 19.2. The fourth-order valence-electron chi connectivity index (χ4n) is 2.74. The van der Waals surface area contributed by atoms with Crippen LogP contribution in [-0.2, 0) is 11.3 Å². The molecule has 1 heterocycles. The average molecular weight is 429 g/mol. The van der Waals surface area contributed by atoms with Gasteiger partial charge in [0.15, 0.2) is 0 Å². The number of carbonyl (C=O) groups is 1. The summed E-state index contributed by atoms with van der Waals surface area (Å²) < 4.78 is 12.2. The van der Waals surface area contributed by atoms with E-state index in [0.717, 1.165) is 21.6 Å². The van der Waals surface area contributed by atoms with Crippen molar-refractivity contribution in [2.24, 2.45) is 0 Å². The van der Waals surface area contributed by atoms with Gasteiger partial charge in [-0.3, -0.25) is 9.69 Å². The summed E-state index contributed by atoms with van der Waals surface area (Å²) in [5.74, 6) is 2.14. The van der Waals surface area contributed by atoms with Gasteiger partial charge in [-0.25, -0.2) is 0 Å². The lowest BCUT2D eigenvalue weighted by Gasteiger charge is -2.16. The molecule has 2 aromatic carbocycles. The predicted molar refractivity (Wildman–Crippen MR) is 110 cm³/mol. The fraction of sp³-hybridized carbons (Fsp3) is 0.190. The maximum absolute atomic E-state index is 12.3. The molecule has 0 bridgehead atoms. The molecule has 0 spiro atoms. The molecule has 0 atom stereocenters. The fourth-order valence-corrected chi connectivity index (χ4v) is 3.00. The summed E-state index contributed by atoms with van der Waals surface area (Å²) >= 11 is 3.43. The van der Waals surface area contributed by atoms with E-state index >= 15 is 0 Å². The number of rotatable bonds is 7.